The van der Waals surface area contributed by atoms with E-state index >= 15 is 0 Å². The predicted molar refractivity (Wildman–Crippen MR) is 170 cm³/mol. The normalized spacial score (nSPS) is 12.4. The predicted octanol–water partition coefficient (Wildman–Crippen LogP) is 11.3. The molecule has 0 radical (unpaired) electrons. The van der Waals surface area contributed by atoms with Gasteiger partial charge in [-0.1, -0.05) is 116 Å². The van der Waals surface area contributed by atoms with Gasteiger partial charge in [0.05, 0.1) is 0 Å². The summed E-state index contributed by atoms with van der Waals surface area (Å²) in [6.45, 7) is 11.9. The van der Waals surface area contributed by atoms with Crippen LogP contribution in [-0.4, -0.2) is 0 Å². The molecule has 0 saturated carbocycles. The van der Waals surface area contributed by atoms with E-state index in [0.717, 1.165) is 55.3 Å². The monoisotopic (exact) mass is 502 g/mol. The van der Waals surface area contributed by atoms with E-state index in [1.165, 1.54) is 21.9 Å². The number of rotatable bonds is 6. The fourth-order valence-electron chi connectivity index (χ4n) is 5.56. The topological polar surface area (TPSA) is 13.1 Å². The SMILES string of the molecule is C=C/C(=C\C)c1ccc(-c2ccc3c(c2)oc2cc(-c4ccc(/C(C=C)=C/C)cc4)c4ccccc4c23)cc1. The molecule has 0 spiro atoms. The summed E-state index contributed by atoms with van der Waals surface area (Å²) in [6, 6.07) is 34.7. The molecule has 39 heavy (non-hydrogen) atoms. The van der Waals surface area contributed by atoms with Crippen LogP contribution in [-0.2, 0) is 0 Å². The lowest BCUT2D eigenvalue weighted by molar-refractivity contribution is 0.669. The van der Waals surface area contributed by atoms with E-state index < -0.39 is 0 Å². The van der Waals surface area contributed by atoms with Gasteiger partial charge < -0.3 is 4.42 Å². The van der Waals surface area contributed by atoms with Crippen LogP contribution in [0.15, 0.2) is 139 Å². The summed E-state index contributed by atoms with van der Waals surface area (Å²) in [4.78, 5) is 0. The third kappa shape index (κ3) is 4.23. The Morgan fingerprint density at radius 2 is 1.13 bits per heavy atom. The third-order valence-corrected chi connectivity index (χ3v) is 7.62. The summed E-state index contributed by atoms with van der Waals surface area (Å²) < 4.78 is 6.53. The van der Waals surface area contributed by atoms with E-state index in [1.54, 1.807) is 0 Å². The minimum absolute atomic E-state index is 0.896. The first-order chi connectivity index (χ1) is 19.1. The Morgan fingerprint density at radius 1 is 0.564 bits per heavy atom. The van der Waals surface area contributed by atoms with Gasteiger partial charge in [-0.05, 0) is 87.3 Å². The number of allylic oxidation sites excluding steroid dienone is 6. The molecule has 188 valence electrons. The van der Waals surface area contributed by atoms with Gasteiger partial charge in [-0.25, -0.2) is 0 Å². The van der Waals surface area contributed by atoms with Gasteiger partial charge in [0.1, 0.15) is 11.2 Å². The second-order valence-corrected chi connectivity index (χ2v) is 9.71. The molecule has 0 bridgehead atoms. The van der Waals surface area contributed by atoms with E-state index in [1.807, 2.05) is 26.0 Å². The number of hydrogen-bond acceptors (Lipinski definition) is 1. The van der Waals surface area contributed by atoms with Crippen LogP contribution < -0.4 is 0 Å². The van der Waals surface area contributed by atoms with E-state index in [0.29, 0.717) is 0 Å². The van der Waals surface area contributed by atoms with Gasteiger partial charge >= 0.3 is 0 Å². The van der Waals surface area contributed by atoms with Crippen molar-refractivity contribution in [3.05, 3.63) is 146 Å². The summed E-state index contributed by atoms with van der Waals surface area (Å²) in [6.07, 6.45) is 7.95. The first-order valence-corrected chi connectivity index (χ1v) is 13.3. The maximum Gasteiger partial charge on any atom is 0.136 e. The molecule has 0 aliphatic rings. The van der Waals surface area contributed by atoms with Crippen molar-refractivity contribution >= 4 is 43.9 Å². The molecule has 5 aromatic carbocycles. The lowest BCUT2D eigenvalue weighted by Crippen LogP contribution is -1.85. The highest BCUT2D eigenvalue weighted by molar-refractivity contribution is 6.22. The number of hydrogen-bond donors (Lipinski definition) is 0. The van der Waals surface area contributed by atoms with Crippen LogP contribution in [0.4, 0.5) is 0 Å². The second-order valence-electron chi connectivity index (χ2n) is 9.71. The van der Waals surface area contributed by atoms with Crippen molar-refractivity contribution in [2.45, 2.75) is 13.8 Å². The van der Waals surface area contributed by atoms with Crippen molar-refractivity contribution in [1.82, 2.24) is 0 Å². The Hall–Kier alpha value is -4.88. The molecule has 1 heteroatoms. The lowest BCUT2D eigenvalue weighted by atomic mass is 9.93. The van der Waals surface area contributed by atoms with E-state index in [4.69, 9.17) is 4.42 Å². The Bertz CT molecular complexity index is 1920. The zero-order valence-corrected chi connectivity index (χ0v) is 22.4. The highest BCUT2D eigenvalue weighted by Gasteiger charge is 2.15. The zero-order valence-electron chi connectivity index (χ0n) is 22.4. The molecule has 0 atom stereocenters. The summed E-state index contributed by atoms with van der Waals surface area (Å²) >= 11 is 0. The van der Waals surface area contributed by atoms with Gasteiger partial charge in [0.2, 0.25) is 0 Å². The van der Waals surface area contributed by atoms with Gasteiger partial charge in [-0.15, -0.1) is 0 Å². The first-order valence-electron chi connectivity index (χ1n) is 13.3. The van der Waals surface area contributed by atoms with Crippen LogP contribution in [0.3, 0.4) is 0 Å². The average molecular weight is 503 g/mol. The Labute approximate surface area is 229 Å². The van der Waals surface area contributed by atoms with Crippen LogP contribution in [0, 0.1) is 0 Å². The molecule has 6 aromatic rings. The maximum atomic E-state index is 6.53. The molecule has 1 nitrogen and oxygen atoms in total. The van der Waals surface area contributed by atoms with Gasteiger partial charge in [0.15, 0.2) is 0 Å². The lowest BCUT2D eigenvalue weighted by Gasteiger charge is -2.10. The molecule has 1 aromatic heterocycles. The summed E-state index contributed by atoms with van der Waals surface area (Å²) in [5.74, 6) is 0. The van der Waals surface area contributed by atoms with E-state index in [2.05, 4.69) is 122 Å². The van der Waals surface area contributed by atoms with Crippen molar-refractivity contribution in [2.75, 3.05) is 0 Å². The van der Waals surface area contributed by atoms with Crippen LogP contribution in [0.1, 0.15) is 25.0 Å². The third-order valence-electron chi connectivity index (χ3n) is 7.62. The smallest absolute Gasteiger partial charge is 0.136 e. The highest BCUT2D eigenvalue weighted by atomic mass is 16.3. The second kappa shape index (κ2) is 10.1. The highest BCUT2D eigenvalue weighted by Crippen LogP contribution is 2.41. The average Bonchev–Trinajstić information content (AvgIpc) is 3.37. The van der Waals surface area contributed by atoms with Gasteiger partial charge in [-0.3, -0.25) is 0 Å². The molecule has 0 fully saturated rings. The molecule has 1 heterocycles. The van der Waals surface area contributed by atoms with Crippen LogP contribution in [0.5, 0.6) is 0 Å². The standard InChI is InChI=1S/C38H30O/c1-5-25(6-2)27-13-15-29(16-14-27)31-21-22-34-36(23-31)39-37-24-35(32-11-9-10-12-33(32)38(34)37)30-19-17-28(18-20-30)26(7-3)8-4/h5-24H,1,3H2,2,4H3/b25-6+,26-8+. The molecule has 0 aliphatic carbocycles. The first kappa shape index (κ1) is 24.5. The van der Waals surface area contributed by atoms with Crippen molar-refractivity contribution in [1.29, 1.82) is 0 Å². The fraction of sp³-hybridized carbons (Fsp3) is 0.0526. The molecule has 0 amide bonds. The van der Waals surface area contributed by atoms with Gasteiger partial charge in [-0.2, -0.15) is 0 Å². The van der Waals surface area contributed by atoms with Crippen LogP contribution in [0.2, 0.25) is 0 Å². The minimum atomic E-state index is 0.896. The number of furan rings is 1. The maximum absolute atomic E-state index is 6.53. The van der Waals surface area contributed by atoms with Crippen LogP contribution in [0.25, 0.3) is 66.1 Å². The molecular formula is C38H30O. The largest absolute Gasteiger partial charge is 0.456 e. The Kier molecular flexibility index (Phi) is 6.34. The summed E-state index contributed by atoms with van der Waals surface area (Å²) in [5.41, 5.74) is 11.0. The molecule has 0 N–H and O–H groups in total. The minimum Gasteiger partial charge on any atom is -0.456 e. The molecule has 0 saturated heterocycles. The van der Waals surface area contributed by atoms with E-state index in [9.17, 15) is 0 Å². The Balaban J connectivity index is 1.48. The van der Waals surface area contributed by atoms with Crippen LogP contribution >= 0.6 is 0 Å². The fourth-order valence-corrected chi connectivity index (χ4v) is 5.56. The van der Waals surface area contributed by atoms with Gasteiger partial charge in [0, 0.05) is 10.8 Å². The summed E-state index contributed by atoms with van der Waals surface area (Å²) in [5, 5.41) is 4.72. The zero-order chi connectivity index (χ0) is 26.9. The quantitative estimate of drug-likeness (QED) is 0.206. The van der Waals surface area contributed by atoms with Crippen molar-refractivity contribution in [3.8, 4) is 22.3 Å². The van der Waals surface area contributed by atoms with Crippen molar-refractivity contribution in [2.24, 2.45) is 0 Å². The summed E-state index contributed by atoms with van der Waals surface area (Å²) in [7, 11) is 0. The Morgan fingerprint density at radius 3 is 1.72 bits per heavy atom. The van der Waals surface area contributed by atoms with Gasteiger partial charge in [0.25, 0.3) is 0 Å². The number of benzene rings is 5. The molecular weight excluding hydrogens is 472 g/mol. The molecule has 0 aliphatic heterocycles. The molecule has 6 rings (SSSR count). The van der Waals surface area contributed by atoms with E-state index in [-0.39, 0.29) is 0 Å². The number of fused-ring (bicyclic) bond motifs is 5. The van der Waals surface area contributed by atoms with Crippen molar-refractivity contribution in [3.63, 3.8) is 0 Å². The van der Waals surface area contributed by atoms with Crippen molar-refractivity contribution < 1.29 is 4.42 Å². The molecule has 0 unspecified atom stereocenters.